The molecule has 0 saturated heterocycles. The van der Waals surface area contributed by atoms with Crippen LogP contribution in [-0.2, 0) is 0 Å². The highest BCUT2D eigenvalue weighted by molar-refractivity contribution is 5.25. The Morgan fingerprint density at radius 3 is 2.33 bits per heavy atom. The summed E-state index contributed by atoms with van der Waals surface area (Å²) in [6.07, 6.45) is 7.87. The van der Waals surface area contributed by atoms with Gasteiger partial charge in [0.1, 0.15) is 5.82 Å². The lowest BCUT2D eigenvalue weighted by Gasteiger charge is -2.25. The standard InChI is InChI=1S/C16H23FO/c1-12-9-10-14(11-15(12)17)16(18)13-7-5-3-2-4-6-8-13/h9-11,13,16,18H,2-8H2,1H3. The Hall–Kier alpha value is -0.890. The van der Waals surface area contributed by atoms with Crippen LogP contribution in [0.25, 0.3) is 0 Å². The van der Waals surface area contributed by atoms with Crippen LogP contribution in [0.4, 0.5) is 4.39 Å². The second kappa shape index (κ2) is 6.33. The van der Waals surface area contributed by atoms with Gasteiger partial charge in [0, 0.05) is 0 Å². The maximum Gasteiger partial charge on any atom is 0.126 e. The van der Waals surface area contributed by atoms with Crippen LogP contribution in [0.2, 0.25) is 0 Å². The molecule has 1 N–H and O–H groups in total. The molecule has 0 radical (unpaired) electrons. The highest BCUT2D eigenvalue weighted by Crippen LogP contribution is 2.33. The van der Waals surface area contributed by atoms with Crippen LogP contribution in [0.1, 0.15) is 62.2 Å². The number of aliphatic hydroxyl groups excluding tert-OH is 1. The number of halogens is 1. The van der Waals surface area contributed by atoms with E-state index in [2.05, 4.69) is 0 Å². The highest BCUT2D eigenvalue weighted by Gasteiger charge is 2.22. The smallest absolute Gasteiger partial charge is 0.126 e. The van der Waals surface area contributed by atoms with E-state index in [1.54, 1.807) is 13.0 Å². The van der Waals surface area contributed by atoms with Gasteiger partial charge in [0.05, 0.1) is 6.10 Å². The van der Waals surface area contributed by atoms with E-state index in [-0.39, 0.29) is 5.82 Å². The summed E-state index contributed by atoms with van der Waals surface area (Å²) in [7, 11) is 0. The summed E-state index contributed by atoms with van der Waals surface area (Å²) >= 11 is 0. The molecule has 1 nitrogen and oxygen atoms in total. The molecule has 0 aliphatic heterocycles. The van der Waals surface area contributed by atoms with E-state index in [4.69, 9.17) is 0 Å². The van der Waals surface area contributed by atoms with Gasteiger partial charge < -0.3 is 5.11 Å². The van der Waals surface area contributed by atoms with E-state index in [1.807, 2.05) is 6.07 Å². The van der Waals surface area contributed by atoms with Crippen molar-refractivity contribution in [1.29, 1.82) is 0 Å². The summed E-state index contributed by atoms with van der Waals surface area (Å²) in [5.74, 6) is 0.0878. The minimum absolute atomic E-state index is 0.211. The molecule has 1 unspecified atom stereocenters. The zero-order valence-electron chi connectivity index (χ0n) is 11.2. The molecule has 1 fully saturated rings. The Balaban J connectivity index is 2.08. The first-order chi connectivity index (χ1) is 8.68. The summed E-state index contributed by atoms with van der Waals surface area (Å²) < 4.78 is 13.5. The summed E-state index contributed by atoms with van der Waals surface area (Å²) in [6.45, 7) is 1.75. The van der Waals surface area contributed by atoms with Crippen LogP contribution in [0.5, 0.6) is 0 Å². The van der Waals surface area contributed by atoms with Gasteiger partial charge in [-0.25, -0.2) is 4.39 Å². The van der Waals surface area contributed by atoms with Crippen molar-refractivity contribution in [1.82, 2.24) is 0 Å². The molecule has 0 spiro atoms. The minimum atomic E-state index is -0.502. The summed E-state index contributed by atoms with van der Waals surface area (Å²) in [5.41, 5.74) is 1.38. The second-order valence-corrected chi connectivity index (χ2v) is 5.56. The second-order valence-electron chi connectivity index (χ2n) is 5.56. The molecule has 0 amide bonds. The van der Waals surface area contributed by atoms with Crippen molar-refractivity contribution in [2.75, 3.05) is 0 Å². The van der Waals surface area contributed by atoms with Crippen molar-refractivity contribution in [3.63, 3.8) is 0 Å². The van der Waals surface area contributed by atoms with Crippen molar-refractivity contribution in [2.45, 2.75) is 58.0 Å². The maximum absolute atomic E-state index is 13.5. The van der Waals surface area contributed by atoms with Crippen molar-refractivity contribution in [3.05, 3.63) is 35.1 Å². The van der Waals surface area contributed by atoms with Crippen LogP contribution < -0.4 is 0 Å². The average molecular weight is 250 g/mol. The fourth-order valence-corrected chi connectivity index (χ4v) is 2.87. The van der Waals surface area contributed by atoms with Crippen molar-refractivity contribution < 1.29 is 9.50 Å². The van der Waals surface area contributed by atoms with Gasteiger partial charge in [0.15, 0.2) is 0 Å². The predicted molar refractivity (Wildman–Crippen MR) is 71.9 cm³/mol. The number of rotatable bonds is 2. The van der Waals surface area contributed by atoms with Crippen LogP contribution in [0.3, 0.4) is 0 Å². The molecule has 1 aromatic carbocycles. The highest BCUT2D eigenvalue weighted by atomic mass is 19.1. The lowest BCUT2D eigenvalue weighted by molar-refractivity contribution is 0.0910. The Morgan fingerprint density at radius 1 is 1.11 bits per heavy atom. The van der Waals surface area contributed by atoms with E-state index < -0.39 is 6.10 Å². The van der Waals surface area contributed by atoms with E-state index >= 15 is 0 Å². The van der Waals surface area contributed by atoms with E-state index in [0.29, 0.717) is 11.5 Å². The molecule has 0 bridgehead atoms. The van der Waals surface area contributed by atoms with Gasteiger partial charge in [-0.1, -0.05) is 44.2 Å². The number of benzene rings is 1. The average Bonchev–Trinajstić information content (AvgIpc) is 2.31. The number of hydrogen-bond acceptors (Lipinski definition) is 1. The molecule has 1 aromatic rings. The molecule has 2 rings (SSSR count). The van der Waals surface area contributed by atoms with Gasteiger partial charge in [-0.3, -0.25) is 0 Å². The lowest BCUT2D eigenvalue weighted by Crippen LogP contribution is -2.14. The van der Waals surface area contributed by atoms with E-state index in [0.717, 1.165) is 18.4 Å². The summed E-state index contributed by atoms with van der Waals surface area (Å²) in [5, 5.41) is 10.4. The molecule has 1 aliphatic carbocycles. The molecular formula is C16H23FO. The van der Waals surface area contributed by atoms with Gasteiger partial charge in [0.25, 0.3) is 0 Å². The minimum Gasteiger partial charge on any atom is -0.388 e. The third-order valence-corrected chi connectivity index (χ3v) is 4.13. The first-order valence-electron chi connectivity index (χ1n) is 7.12. The van der Waals surface area contributed by atoms with Crippen molar-refractivity contribution in [2.24, 2.45) is 5.92 Å². The van der Waals surface area contributed by atoms with Crippen LogP contribution >= 0.6 is 0 Å². The molecular weight excluding hydrogens is 227 g/mol. The van der Waals surface area contributed by atoms with Crippen molar-refractivity contribution in [3.8, 4) is 0 Å². The molecule has 0 aromatic heterocycles. The first kappa shape index (κ1) is 13.5. The SMILES string of the molecule is Cc1ccc(C(O)C2CCCCCCC2)cc1F. The first-order valence-corrected chi connectivity index (χ1v) is 7.12. The largest absolute Gasteiger partial charge is 0.388 e. The van der Waals surface area contributed by atoms with Gasteiger partial charge in [-0.2, -0.15) is 0 Å². The molecule has 1 aliphatic rings. The van der Waals surface area contributed by atoms with Crippen LogP contribution in [-0.4, -0.2) is 5.11 Å². The summed E-state index contributed by atoms with van der Waals surface area (Å²) in [4.78, 5) is 0. The topological polar surface area (TPSA) is 20.2 Å². The maximum atomic E-state index is 13.5. The molecule has 1 saturated carbocycles. The Morgan fingerprint density at radius 2 is 1.72 bits per heavy atom. The van der Waals surface area contributed by atoms with E-state index in [9.17, 15) is 9.50 Å². The van der Waals surface area contributed by atoms with Crippen LogP contribution in [0, 0.1) is 18.7 Å². The molecule has 2 heteroatoms. The Kier molecular flexibility index (Phi) is 4.76. The molecule has 18 heavy (non-hydrogen) atoms. The van der Waals surface area contributed by atoms with Crippen LogP contribution in [0.15, 0.2) is 18.2 Å². The zero-order chi connectivity index (χ0) is 13.0. The quantitative estimate of drug-likeness (QED) is 0.817. The molecule has 1 atom stereocenters. The fourth-order valence-electron chi connectivity index (χ4n) is 2.87. The van der Waals surface area contributed by atoms with Crippen molar-refractivity contribution >= 4 is 0 Å². The fraction of sp³-hybridized carbons (Fsp3) is 0.625. The lowest BCUT2D eigenvalue weighted by atomic mass is 9.84. The zero-order valence-corrected chi connectivity index (χ0v) is 11.2. The summed E-state index contributed by atoms with van der Waals surface area (Å²) in [6, 6.07) is 5.12. The Bertz CT molecular complexity index is 381. The Labute approximate surface area is 109 Å². The number of hydrogen-bond donors (Lipinski definition) is 1. The predicted octanol–water partition coefficient (Wildman–Crippen LogP) is 4.53. The third-order valence-electron chi connectivity index (χ3n) is 4.13. The van der Waals surface area contributed by atoms with Gasteiger partial charge in [0.2, 0.25) is 0 Å². The van der Waals surface area contributed by atoms with Gasteiger partial charge >= 0.3 is 0 Å². The molecule has 0 heterocycles. The third kappa shape index (κ3) is 3.32. The van der Waals surface area contributed by atoms with Gasteiger partial charge in [-0.15, -0.1) is 0 Å². The van der Waals surface area contributed by atoms with E-state index in [1.165, 1.54) is 38.2 Å². The van der Waals surface area contributed by atoms with Gasteiger partial charge in [-0.05, 0) is 42.9 Å². The normalized spacial score (nSPS) is 20.2. The monoisotopic (exact) mass is 250 g/mol. The number of aliphatic hydroxyl groups is 1. The molecule has 100 valence electrons. The number of aryl methyl sites for hydroxylation is 1.